The van der Waals surface area contributed by atoms with Crippen molar-refractivity contribution in [3.05, 3.63) is 34.9 Å². The Morgan fingerprint density at radius 2 is 2.00 bits per heavy atom. The molecule has 3 amide bonds. The van der Waals surface area contributed by atoms with Crippen LogP contribution in [-0.2, 0) is 22.7 Å². The van der Waals surface area contributed by atoms with Crippen molar-refractivity contribution in [3.63, 3.8) is 0 Å². The maximum atomic E-state index is 13.1. The smallest absolute Gasteiger partial charge is 0.255 e. The summed E-state index contributed by atoms with van der Waals surface area (Å²) in [6, 6.07) is 6.31. The minimum Gasteiger partial charge on any atom is -0.327 e. The second kappa shape index (κ2) is 6.89. The maximum Gasteiger partial charge on any atom is 0.255 e. The van der Waals surface area contributed by atoms with E-state index in [1.165, 1.54) is 6.42 Å². The number of carbonyl (C=O) groups excluding carboxylic acids is 3. The fourth-order valence-electron chi connectivity index (χ4n) is 6.24. The number of nitrogens with zero attached hydrogens (tertiary/aromatic N) is 2. The van der Waals surface area contributed by atoms with E-state index in [9.17, 15) is 14.4 Å². The molecular weight excluding hydrogens is 380 g/mol. The van der Waals surface area contributed by atoms with Gasteiger partial charge in [0.15, 0.2) is 0 Å². The summed E-state index contributed by atoms with van der Waals surface area (Å²) in [5.41, 5.74) is 9.32. The summed E-state index contributed by atoms with van der Waals surface area (Å²) in [6.07, 6.45) is 3.04. The van der Waals surface area contributed by atoms with Gasteiger partial charge in [-0.15, -0.1) is 0 Å². The van der Waals surface area contributed by atoms with E-state index in [0.29, 0.717) is 30.5 Å². The lowest BCUT2D eigenvalue weighted by atomic mass is 9.53. The highest BCUT2D eigenvalue weighted by Crippen LogP contribution is 2.51. The minimum absolute atomic E-state index is 0.108. The largest absolute Gasteiger partial charge is 0.327 e. The molecule has 0 radical (unpaired) electrons. The molecule has 1 aromatic rings. The van der Waals surface area contributed by atoms with E-state index < -0.39 is 6.04 Å². The Kier molecular flexibility index (Phi) is 4.52. The molecule has 30 heavy (non-hydrogen) atoms. The van der Waals surface area contributed by atoms with Crippen molar-refractivity contribution in [3.8, 4) is 0 Å². The predicted molar refractivity (Wildman–Crippen MR) is 111 cm³/mol. The average molecular weight is 411 g/mol. The molecule has 3 aliphatic heterocycles. The molecule has 4 unspecified atom stereocenters. The Morgan fingerprint density at radius 3 is 2.77 bits per heavy atom. The first-order chi connectivity index (χ1) is 14.3. The van der Waals surface area contributed by atoms with Crippen LogP contribution in [-0.4, -0.2) is 52.2 Å². The van der Waals surface area contributed by atoms with Gasteiger partial charge in [0.05, 0.1) is 0 Å². The van der Waals surface area contributed by atoms with E-state index in [0.717, 1.165) is 30.6 Å². The van der Waals surface area contributed by atoms with Crippen LogP contribution < -0.4 is 11.1 Å². The Labute approximate surface area is 177 Å². The first-order valence-electron chi connectivity index (χ1n) is 11.0. The zero-order chi connectivity index (χ0) is 21.2. The molecule has 3 N–H and O–H groups in total. The number of hydrogen-bond donors (Lipinski definition) is 2. The number of carbonyl (C=O) groups is 3. The molecule has 3 heterocycles. The summed E-state index contributed by atoms with van der Waals surface area (Å²) in [4.78, 5) is 40.9. The molecule has 0 aromatic heterocycles. The molecule has 0 spiro atoms. The fraction of sp³-hybridized carbons (Fsp3) is 0.609. The van der Waals surface area contributed by atoms with Gasteiger partial charge in [-0.05, 0) is 54.3 Å². The van der Waals surface area contributed by atoms with Crippen LogP contribution in [0.3, 0.4) is 0 Å². The number of fused-ring (bicyclic) bond motifs is 2. The zero-order valence-electron chi connectivity index (χ0n) is 17.7. The highest BCUT2D eigenvalue weighted by atomic mass is 16.2. The van der Waals surface area contributed by atoms with Crippen molar-refractivity contribution in [1.82, 2.24) is 15.1 Å². The van der Waals surface area contributed by atoms with Crippen LogP contribution in [0.25, 0.3) is 0 Å². The number of benzene rings is 1. The van der Waals surface area contributed by atoms with Crippen LogP contribution in [0.15, 0.2) is 18.2 Å². The quantitative estimate of drug-likeness (QED) is 0.735. The van der Waals surface area contributed by atoms with E-state index in [-0.39, 0.29) is 35.6 Å². The highest BCUT2D eigenvalue weighted by molar-refractivity contribution is 6.05. The number of rotatable bonds is 3. The molecular formula is C23H30N4O3. The van der Waals surface area contributed by atoms with Gasteiger partial charge < -0.3 is 10.6 Å². The van der Waals surface area contributed by atoms with Crippen LogP contribution >= 0.6 is 0 Å². The molecule has 4 aliphatic rings. The molecule has 3 fully saturated rings. The van der Waals surface area contributed by atoms with Gasteiger partial charge in [0.25, 0.3) is 5.91 Å². The second-order valence-electron chi connectivity index (χ2n) is 9.96. The van der Waals surface area contributed by atoms with Crippen LogP contribution in [0.2, 0.25) is 0 Å². The van der Waals surface area contributed by atoms with E-state index in [4.69, 9.17) is 5.73 Å². The van der Waals surface area contributed by atoms with E-state index in [1.54, 1.807) is 4.90 Å². The van der Waals surface area contributed by atoms with E-state index in [2.05, 4.69) is 30.1 Å². The number of imide groups is 1. The molecule has 7 heteroatoms. The van der Waals surface area contributed by atoms with Gasteiger partial charge >= 0.3 is 0 Å². The average Bonchev–Trinajstić information content (AvgIpc) is 3.03. The van der Waals surface area contributed by atoms with Gasteiger partial charge in [-0.1, -0.05) is 26.0 Å². The minimum atomic E-state index is -0.564. The van der Waals surface area contributed by atoms with Gasteiger partial charge in [-0.3, -0.25) is 24.6 Å². The van der Waals surface area contributed by atoms with Gasteiger partial charge in [-0.2, -0.15) is 0 Å². The number of piperidine rings is 2. The molecule has 160 valence electrons. The van der Waals surface area contributed by atoms with Crippen molar-refractivity contribution in [2.75, 3.05) is 6.54 Å². The van der Waals surface area contributed by atoms with Gasteiger partial charge in [0.1, 0.15) is 6.04 Å². The van der Waals surface area contributed by atoms with E-state index >= 15 is 0 Å². The fourth-order valence-corrected chi connectivity index (χ4v) is 6.24. The van der Waals surface area contributed by atoms with Crippen molar-refractivity contribution in [1.29, 1.82) is 0 Å². The Morgan fingerprint density at radius 1 is 1.20 bits per heavy atom. The normalized spacial score (nSPS) is 33.0. The summed E-state index contributed by atoms with van der Waals surface area (Å²) in [5, 5.41) is 2.36. The van der Waals surface area contributed by atoms with Crippen LogP contribution in [0.5, 0.6) is 0 Å². The molecule has 0 bridgehead atoms. The summed E-state index contributed by atoms with van der Waals surface area (Å²) < 4.78 is 0. The third kappa shape index (κ3) is 2.90. The SMILES string of the molecule is CC1(C)C(N)C2CCCN(Cc3ccc4c(c3)C(=O)N(C3CCC(=O)NC3=O)C4)C21. The number of amides is 3. The van der Waals surface area contributed by atoms with E-state index in [1.807, 2.05) is 12.1 Å². The monoisotopic (exact) mass is 410 g/mol. The maximum absolute atomic E-state index is 13.1. The summed E-state index contributed by atoms with van der Waals surface area (Å²) in [5.74, 6) is -0.173. The topological polar surface area (TPSA) is 95.7 Å². The van der Waals surface area contributed by atoms with Crippen LogP contribution in [0.1, 0.15) is 61.0 Å². The first kappa shape index (κ1) is 19.7. The van der Waals surface area contributed by atoms with Gasteiger partial charge in [0.2, 0.25) is 11.8 Å². The molecule has 1 aliphatic carbocycles. The van der Waals surface area contributed by atoms with Crippen molar-refractivity contribution in [2.24, 2.45) is 17.1 Å². The number of nitrogens with two attached hydrogens (primary N) is 1. The Hall–Kier alpha value is -2.25. The lowest BCUT2D eigenvalue weighted by Gasteiger charge is -2.63. The number of likely N-dealkylation sites (tertiary alicyclic amines) is 1. The molecule has 4 atom stereocenters. The molecule has 7 nitrogen and oxygen atoms in total. The third-order valence-corrected chi connectivity index (χ3v) is 7.84. The molecule has 2 saturated heterocycles. The molecule has 1 saturated carbocycles. The standard InChI is InChI=1S/C23H30N4O3/c1-23(2)19(24)15-4-3-9-26(20(15)23)11-13-5-6-14-12-27(22(30)16(14)10-13)17-7-8-18(28)25-21(17)29/h5-6,10,15,17,19-20H,3-4,7-9,11-12,24H2,1-2H3,(H,25,28,29). The molecule has 1 aromatic carbocycles. The Bertz CT molecular complexity index is 927. The lowest BCUT2D eigenvalue weighted by Crippen LogP contribution is -2.72. The lowest BCUT2D eigenvalue weighted by molar-refractivity contribution is -0.136. The van der Waals surface area contributed by atoms with Gasteiger partial charge in [-0.25, -0.2) is 0 Å². The van der Waals surface area contributed by atoms with Crippen molar-refractivity contribution in [2.45, 2.75) is 70.7 Å². The summed E-state index contributed by atoms with van der Waals surface area (Å²) >= 11 is 0. The zero-order valence-corrected chi connectivity index (χ0v) is 17.7. The molecule has 5 rings (SSSR count). The number of hydrogen-bond acceptors (Lipinski definition) is 5. The van der Waals surface area contributed by atoms with Crippen LogP contribution in [0.4, 0.5) is 0 Å². The number of nitrogens with one attached hydrogen (secondary N) is 1. The third-order valence-electron chi connectivity index (χ3n) is 7.84. The van der Waals surface area contributed by atoms with Crippen molar-refractivity contribution >= 4 is 17.7 Å². The first-order valence-corrected chi connectivity index (χ1v) is 11.0. The second-order valence-corrected chi connectivity index (χ2v) is 9.96. The summed E-state index contributed by atoms with van der Waals surface area (Å²) in [6.45, 7) is 6.83. The predicted octanol–water partition coefficient (Wildman–Crippen LogP) is 1.40. The Balaban J connectivity index is 1.33. The van der Waals surface area contributed by atoms with Gasteiger partial charge in [0, 0.05) is 37.2 Å². The highest BCUT2D eigenvalue weighted by Gasteiger charge is 2.57. The summed E-state index contributed by atoms with van der Waals surface area (Å²) in [7, 11) is 0. The van der Waals surface area contributed by atoms with Crippen molar-refractivity contribution < 1.29 is 14.4 Å². The van der Waals surface area contributed by atoms with Crippen LogP contribution in [0, 0.1) is 11.3 Å².